The highest BCUT2D eigenvalue weighted by Crippen LogP contribution is 2.26. The number of carbonyl (C=O) groups excluding carboxylic acids is 2. The summed E-state index contributed by atoms with van der Waals surface area (Å²) in [6, 6.07) is 12.3. The fraction of sp³-hybridized carbons (Fsp3) is 0.300. The average Bonchev–Trinajstić information content (AvgIpc) is 3.16. The zero-order valence-electron chi connectivity index (χ0n) is 15.8. The number of thioether (sulfide) groups is 1. The van der Waals surface area contributed by atoms with Crippen LogP contribution < -0.4 is 10.3 Å². The Balaban J connectivity index is 1.78. The lowest BCUT2D eigenvalue weighted by atomic mass is 10.1. The first-order valence-electron chi connectivity index (χ1n) is 9.11. The number of hydrogen-bond donors (Lipinski definition) is 1. The van der Waals surface area contributed by atoms with Gasteiger partial charge in [0.2, 0.25) is 5.91 Å². The minimum atomic E-state index is -0.647. The second-order valence-electron chi connectivity index (χ2n) is 5.97. The second kappa shape index (κ2) is 9.36. The summed E-state index contributed by atoms with van der Waals surface area (Å²) in [5.74, 6) is 0.173. The molecule has 1 unspecified atom stereocenters. The van der Waals surface area contributed by atoms with Gasteiger partial charge >= 0.3 is 5.97 Å². The molecule has 0 bridgehead atoms. The summed E-state index contributed by atoms with van der Waals surface area (Å²) in [4.78, 5) is 29.4. The molecule has 2 heterocycles. The van der Waals surface area contributed by atoms with Crippen LogP contribution in [0, 0.1) is 0 Å². The SMILES string of the molecule is CCOC(=O)C1=NN(c2ccccc2)C(C(=O)Nc2ccc(SCC)nc2)C1. The maximum Gasteiger partial charge on any atom is 0.354 e. The van der Waals surface area contributed by atoms with Crippen molar-refractivity contribution in [1.29, 1.82) is 0 Å². The van der Waals surface area contributed by atoms with E-state index in [2.05, 4.69) is 22.3 Å². The van der Waals surface area contributed by atoms with Crippen molar-refractivity contribution in [3.05, 3.63) is 48.7 Å². The van der Waals surface area contributed by atoms with E-state index in [-0.39, 0.29) is 24.6 Å². The third-order valence-electron chi connectivity index (χ3n) is 4.04. The monoisotopic (exact) mass is 398 g/mol. The van der Waals surface area contributed by atoms with Gasteiger partial charge in [-0.15, -0.1) is 11.8 Å². The molecule has 0 aliphatic carbocycles. The molecule has 1 aromatic heterocycles. The van der Waals surface area contributed by atoms with Crippen LogP contribution in [-0.4, -0.2) is 41.0 Å². The molecule has 0 radical (unpaired) electrons. The van der Waals surface area contributed by atoms with E-state index in [0.717, 1.165) is 16.5 Å². The van der Waals surface area contributed by atoms with Gasteiger partial charge in [0.05, 0.1) is 29.2 Å². The number of aromatic nitrogens is 1. The molecule has 146 valence electrons. The first kappa shape index (κ1) is 19.9. The van der Waals surface area contributed by atoms with Gasteiger partial charge in [0.15, 0.2) is 0 Å². The van der Waals surface area contributed by atoms with Crippen molar-refractivity contribution in [2.75, 3.05) is 22.7 Å². The smallest absolute Gasteiger partial charge is 0.354 e. The summed E-state index contributed by atoms with van der Waals surface area (Å²) < 4.78 is 5.05. The van der Waals surface area contributed by atoms with Crippen molar-refractivity contribution in [1.82, 2.24) is 4.98 Å². The molecule has 3 rings (SSSR count). The van der Waals surface area contributed by atoms with Gasteiger partial charge in [-0.2, -0.15) is 5.10 Å². The minimum absolute atomic E-state index is 0.177. The largest absolute Gasteiger partial charge is 0.461 e. The van der Waals surface area contributed by atoms with E-state index in [0.29, 0.717) is 5.69 Å². The molecular formula is C20H22N4O3S. The molecule has 0 saturated heterocycles. The number of esters is 1. The highest BCUT2D eigenvalue weighted by atomic mass is 32.2. The maximum absolute atomic E-state index is 12.9. The molecular weight excluding hydrogens is 376 g/mol. The summed E-state index contributed by atoms with van der Waals surface area (Å²) in [6.07, 6.45) is 1.81. The Kier molecular flexibility index (Phi) is 6.65. The van der Waals surface area contributed by atoms with Crippen LogP contribution in [0.15, 0.2) is 58.8 Å². The van der Waals surface area contributed by atoms with Crippen LogP contribution in [0.1, 0.15) is 20.3 Å². The predicted octanol–water partition coefficient (Wildman–Crippen LogP) is 3.33. The average molecular weight is 398 g/mol. The van der Waals surface area contributed by atoms with Crippen molar-refractivity contribution in [2.24, 2.45) is 5.10 Å². The van der Waals surface area contributed by atoms with Gasteiger partial charge in [-0.25, -0.2) is 9.78 Å². The molecule has 8 heteroatoms. The first-order valence-corrected chi connectivity index (χ1v) is 10.1. The van der Waals surface area contributed by atoms with Gasteiger partial charge < -0.3 is 10.1 Å². The lowest BCUT2D eigenvalue weighted by Gasteiger charge is -2.22. The Hall–Kier alpha value is -2.87. The molecule has 1 aliphatic heterocycles. The number of carbonyl (C=O) groups is 2. The van der Waals surface area contributed by atoms with Crippen molar-refractivity contribution in [3.63, 3.8) is 0 Å². The highest BCUT2D eigenvalue weighted by Gasteiger charge is 2.36. The van der Waals surface area contributed by atoms with Crippen LogP contribution in [0.5, 0.6) is 0 Å². The molecule has 1 aliphatic rings. The third-order valence-corrected chi connectivity index (χ3v) is 4.87. The lowest BCUT2D eigenvalue weighted by molar-refractivity contribution is -0.135. The number of rotatable bonds is 7. The number of anilines is 2. The Morgan fingerprint density at radius 3 is 2.64 bits per heavy atom. The quantitative estimate of drug-likeness (QED) is 0.569. The molecule has 1 atom stereocenters. The van der Waals surface area contributed by atoms with Gasteiger partial charge in [0.1, 0.15) is 11.8 Å². The van der Waals surface area contributed by atoms with Crippen LogP contribution >= 0.6 is 11.8 Å². The molecule has 2 aromatic rings. The van der Waals surface area contributed by atoms with Gasteiger partial charge in [-0.1, -0.05) is 25.1 Å². The maximum atomic E-state index is 12.9. The predicted molar refractivity (Wildman–Crippen MR) is 111 cm³/mol. The molecule has 1 amide bonds. The standard InChI is InChI=1S/C20H22N4O3S/c1-3-27-20(26)16-12-17(24(23-16)15-8-6-5-7-9-15)19(25)22-14-10-11-18(21-13-14)28-4-2/h5-11,13,17H,3-4,12H2,1-2H3,(H,22,25). The van der Waals surface area contributed by atoms with Crippen molar-refractivity contribution >= 4 is 40.7 Å². The summed E-state index contributed by atoms with van der Waals surface area (Å²) in [5.41, 5.74) is 1.57. The normalized spacial score (nSPS) is 15.9. The number of para-hydroxylation sites is 1. The van der Waals surface area contributed by atoms with Crippen molar-refractivity contribution < 1.29 is 14.3 Å². The molecule has 0 saturated carbocycles. The molecule has 1 N–H and O–H groups in total. The summed E-state index contributed by atoms with van der Waals surface area (Å²) in [5, 5.41) is 9.69. The first-order chi connectivity index (χ1) is 13.6. The summed E-state index contributed by atoms with van der Waals surface area (Å²) in [6.45, 7) is 4.05. The zero-order valence-corrected chi connectivity index (χ0v) is 16.6. The van der Waals surface area contributed by atoms with E-state index in [1.165, 1.54) is 0 Å². The number of ether oxygens (including phenoxy) is 1. The number of hydrazone groups is 1. The van der Waals surface area contributed by atoms with Crippen LogP contribution in [0.25, 0.3) is 0 Å². The van der Waals surface area contributed by atoms with Crippen LogP contribution in [0.3, 0.4) is 0 Å². The topological polar surface area (TPSA) is 83.9 Å². The van der Waals surface area contributed by atoms with E-state index in [4.69, 9.17) is 4.74 Å². The molecule has 0 fully saturated rings. The Morgan fingerprint density at radius 2 is 2.00 bits per heavy atom. The van der Waals surface area contributed by atoms with Gasteiger partial charge in [0.25, 0.3) is 0 Å². The van der Waals surface area contributed by atoms with E-state index in [1.807, 2.05) is 42.5 Å². The second-order valence-corrected chi connectivity index (χ2v) is 7.26. The third kappa shape index (κ3) is 4.69. The van der Waals surface area contributed by atoms with Crippen LogP contribution in [-0.2, 0) is 14.3 Å². The van der Waals surface area contributed by atoms with Crippen molar-refractivity contribution in [2.45, 2.75) is 31.3 Å². The fourth-order valence-corrected chi connectivity index (χ4v) is 3.37. The van der Waals surface area contributed by atoms with Gasteiger partial charge in [-0.05, 0) is 36.9 Å². The number of hydrogen-bond acceptors (Lipinski definition) is 7. The van der Waals surface area contributed by atoms with E-state index in [9.17, 15) is 9.59 Å². The number of amides is 1. The van der Waals surface area contributed by atoms with Gasteiger partial charge in [-0.3, -0.25) is 9.80 Å². The zero-order chi connectivity index (χ0) is 19.9. The van der Waals surface area contributed by atoms with E-state index >= 15 is 0 Å². The van der Waals surface area contributed by atoms with Crippen molar-refractivity contribution in [3.8, 4) is 0 Å². The van der Waals surface area contributed by atoms with E-state index in [1.54, 1.807) is 29.9 Å². The summed E-state index contributed by atoms with van der Waals surface area (Å²) in [7, 11) is 0. The highest BCUT2D eigenvalue weighted by molar-refractivity contribution is 7.99. The fourth-order valence-electron chi connectivity index (χ4n) is 2.78. The molecule has 1 aromatic carbocycles. The number of nitrogens with one attached hydrogen (secondary N) is 1. The number of pyridine rings is 1. The number of benzene rings is 1. The Labute approximate surface area is 168 Å². The molecule has 28 heavy (non-hydrogen) atoms. The number of nitrogens with zero attached hydrogens (tertiary/aromatic N) is 3. The lowest BCUT2D eigenvalue weighted by Crippen LogP contribution is -2.38. The molecule has 0 spiro atoms. The van der Waals surface area contributed by atoms with Crippen LogP contribution in [0.2, 0.25) is 0 Å². The Morgan fingerprint density at radius 1 is 1.21 bits per heavy atom. The van der Waals surface area contributed by atoms with Crippen LogP contribution in [0.4, 0.5) is 11.4 Å². The Bertz CT molecular complexity index is 856. The minimum Gasteiger partial charge on any atom is -0.461 e. The molecule has 7 nitrogen and oxygen atoms in total. The van der Waals surface area contributed by atoms with Gasteiger partial charge in [0, 0.05) is 6.42 Å². The van der Waals surface area contributed by atoms with E-state index < -0.39 is 12.0 Å². The summed E-state index contributed by atoms with van der Waals surface area (Å²) >= 11 is 1.63.